The second-order valence-electron chi connectivity index (χ2n) is 8.40. The molecular weight excluding hydrogens is 411 g/mol. The first-order valence-electron chi connectivity index (χ1n) is 10.6. The number of aromatic amines is 1. The van der Waals surface area contributed by atoms with Gasteiger partial charge in [0, 0.05) is 29.7 Å². The third kappa shape index (κ3) is 2.62. The van der Waals surface area contributed by atoms with Crippen LogP contribution in [0.4, 0.5) is 10.2 Å². The van der Waals surface area contributed by atoms with E-state index in [1.807, 2.05) is 24.3 Å². The van der Waals surface area contributed by atoms with Crippen molar-refractivity contribution in [2.75, 3.05) is 5.32 Å². The fourth-order valence-electron chi connectivity index (χ4n) is 4.87. The van der Waals surface area contributed by atoms with Crippen molar-refractivity contribution in [3.8, 4) is 17.2 Å². The van der Waals surface area contributed by atoms with Crippen LogP contribution in [-0.2, 0) is 11.2 Å². The van der Waals surface area contributed by atoms with Crippen molar-refractivity contribution in [1.29, 1.82) is 0 Å². The Morgan fingerprint density at radius 1 is 1.09 bits per heavy atom. The van der Waals surface area contributed by atoms with E-state index in [-0.39, 0.29) is 29.7 Å². The minimum absolute atomic E-state index is 0.0227. The molecule has 0 radical (unpaired) electrons. The van der Waals surface area contributed by atoms with Crippen molar-refractivity contribution in [2.45, 2.75) is 30.8 Å². The van der Waals surface area contributed by atoms with Crippen LogP contribution in [0.2, 0.25) is 0 Å². The molecule has 2 aromatic heterocycles. The van der Waals surface area contributed by atoms with E-state index in [1.165, 1.54) is 12.1 Å². The number of benzene rings is 2. The zero-order valence-corrected chi connectivity index (χ0v) is 16.8. The number of carbonyl (C=O) groups excluding carboxylic acids is 1. The highest BCUT2D eigenvalue weighted by atomic mass is 19.1. The van der Waals surface area contributed by atoms with Gasteiger partial charge in [0.25, 0.3) is 0 Å². The number of anilines is 1. The Morgan fingerprint density at radius 2 is 2.03 bits per heavy atom. The van der Waals surface area contributed by atoms with Gasteiger partial charge in [0.2, 0.25) is 5.91 Å². The number of fused-ring (bicyclic) bond motifs is 5. The standard InChI is InChI=1S/C24H17FN4O3/c25-11-1-4-15-16(9-11)28-24(27-15)21-20-14-10-12(2-5-17(14)32-22(20)21)31-18-7-8-26-23-13(18)3-6-19(30)29-23/h1-2,4-5,7-10,20-22H,3,6H2,(H,27,28)(H,26,29,30). The number of hydrogen-bond acceptors (Lipinski definition) is 5. The molecule has 8 heteroatoms. The van der Waals surface area contributed by atoms with Crippen molar-refractivity contribution in [3.05, 3.63) is 71.4 Å². The van der Waals surface area contributed by atoms with Crippen molar-refractivity contribution < 1.29 is 18.7 Å². The van der Waals surface area contributed by atoms with Gasteiger partial charge in [-0.05, 0) is 48.9 Å². The van der Waals surface area contributed by atoms with E-state index >= 15 is 0 Å². The molecule has 7 rings (SSSR count). The summed E-state index contributed by atoms with van der Waals surface area (Å²) in [7, 11) is 0. The predicted octanol–water partition coefficient (Wildman–Crippen LogP) is 4.42. The molecule has 0 spiro atoms. The average molecular weight is 428 g/mol. The SMILES string of the molecule is O=C1CCc2c(Oc3ccc4c(c3)C3C(O4)C3c3nc4ccc(F)cc4[nH]3)ccnc2N1. The number of nitrogens with one attached hydrogen (secondary N) is 2. The Balaban J connectivity index is 1.18. The van der Waals surface area contributed by atoms with E-state index in [0.717, 1.165) is 28.2 Å². The van der Waals surface area contributed by atoms with Crippen LogP contribution in [0, 0.1) is 5.82 Å². The Hall–Kier alpha value is -3.94. The highest BCUT2D eigenvalue weighted by molar-refractivity contribution is 5.93. The molecule has 1 fully saturated rings. The van der Waals surface area contributed by atoms with Crippen LogP contribution in [0.3, 0.4) is 0 Å². The second-order valence-corrected chi connectivity index (χ2v) is 8.40. The maximum Gasteiger partial charge on any atom is 0.225 e. The quantitative estimate of drug-likeness (QED) is 0.504. The summed E-state index contributed by atoms with van der Waals surface area (Å²) in [6.07, 6.45) is 2.67. The van der Waals surface area contributed by atoms with Crippen LogP contribution in [0.15, 0.2) is 48.7 Å². The van der Waals surface area contributed by atoms with Gasteiger partial charge >= 0.3 is 0 Å². The van der Waals surface area contributed by atoms with E-state index in [1.54, 1.807) is 12.3 Å². The monoisotopic (exact) mass is 428 g/mol. The molecule has 3 unspecified atom stereocenters. The zero-order chi connectivity index (χ0) is 21.4. The van der Waals surface area contributed by atoms with Crippen molar-refractivity contribution in [2.24, 2.45) is 0 Å². The molecule has 2 aliphatic heterocycles. The van der Waals surface area contributed by atoms with Gasteiger partial charge in [0.05, 0.1) is 17.0 Å². The molecular formula is C24H17FN4O3. The first kappa shape index (κ1) is 17.7. The molecule has 4 heterocycles. The van der Waals surface area contributed by atoms with Gasteiger partial charge in [-0.2, -0.15) is 0 Å². The largest absolute Gasteiger partial charge is 0.489 e. The first-order valence-corrected chi connectivity index (χ1v) is 10.6. The topological polar surface area (TPSA) is 89.1 Å². The molecule has 3 atom stereocenters. The minimum Gasteiger partial charge on any atom is -0.489 e. The molecule has 0 bridgehead atoms. The van der Waals surface area contributed by atoms with E-state index in [2.05, 4.69) is 20.3 Å². The maximum absolute atomic E-state index is 13.5. The van der Waals surface area contributed by atoms with Gasteiger partial charge in [0.15, 0.2) is 0 Å². The smallest absolute Gasteiger partial charge is 0.225 e. The van der Waals surface area contributed by atoms with Crippen LogP contribution < -0.4 is 14.8 Å². The average Bonchev–Trinajstić information content (AvgIpc) is 3.14. The van der Waals surface area contributed by atoms with E-state index < -0.39 is 0 Å². The summed E-state index contributed by atoms with van der Waals surface area (Å²) in [5.41, 5.74) is 3.43. The molecule has 4 aromatic rings. The van der Waals surface area contributed by atoms with E-state index in [4.69, 9.17) is 9.47 Å². The predicted molar refractivity (Wildman–Crippen MR) is 114 cm³/mol. The number of aromatic nitrogens is 3. The number of rotatable bonds is 3. The number of nitrogens with zero attached hydrogens (tertiary/aromatic N) is 2. The number of pyridine rings is 1. The van der Waals surface area contributed by atoms with Crippen molar-refractivity contribution >= 4 is 22.8 Å². The minimum atomic E-state index is -0.287. The van der Waals surface area contributed by atoms with Crippen LogP contribution in [0.5, 0.6) is 17.2 Å². The maximum atomic E-state index is 13.5. The van der Waals surface area contributed by atoms with Gasteiger partial charge in [-0.25, -0.2) is 14.4 Å². The third-order valence-corrected chi connectivity index (χ3v) is 6.44. The summed E-state index contributed by atoms with van der Waals surface area (Å²) < 4.78 is 25.8. The summed E-state index contributed by atoms with van der Waals surface area (Å²) in [4.78, 5) is 23.8. The summed E-state index contributed by atoms with van der Waals surface area (Å²) in [5, 5.41) is 2.80. The number of H-pyrrole nitrogens is 1. The lowest BCUT2D eigenvalue weighted by Gasteiger charge is -2.19. The summed E-state index contributed by atoms with van der Waals surface area (Å²) in [5.74, 6) is 3.61. The molecule has 3 aliphatic rings. The zero-order valence-electron chi connectivity index (χ0n) is 16.8. The third-order valence-electron chi connectivity index (χ3n) is 6.44. The lowest BCUT2D eigenvalue weighted by Crippen LogP contribution is -2.20. The number of carbonyl (C=O) groups is 1. The van der Waals surface area contributed by atoms with Crippen LogP contribution in [-0.4, -0.2) is 27.0 Å². The normalized spacial score (nSPS) is 22.5. The van der Waals surface area contributed by atoms with Crippen molar-refractivity contribution in [1.82, 2.24) is 15.0 Å². The first-order chi connectivity index (χ1) is 15.6. The highest BCUT2D eigenvalue weighted by Crippen LogP contribution is 2.63. The lowest BCUT2D eigenvalue weighted by atomic mass is 10.1. The van der Waals surface area contributed by atoms with Gasteiger partial charge in [0.1, 0.15) is 40.8 Å². The lowest BCUT2D eigenvalue weighted by molar-refractivity contribution is -0.116. The van der Waals surface area contributed by atoms with Gasteiger partial charge in [-0.15, -0.1) is 0 Å². The van der Waals surface area contributed by atoms with Crippen LogP contribution in [0.1, 0.15) is 35.2 Å². The fourth-order valence-corrected chi connectivity index (χ4v) is 4.87. The highest BCUT2D eigenvalue weighted by Gasteiger charge is 2.61. The number of hydrogen-bond donors (Lipinski definition) is 2. The summed E-state index contributed by atoms with van der Waals surface area (Å²) in [6.45, 7) is 0. The van der Waals surface area contributed by atoms with Crippen LogP contribution in [0.25, 0.3) is 11.0 Å². The Bertz CT molecular complexity index is 1430. The number of amides is 1. The molecule has 1 saturated carbocycles. The molecule has 2 N–H and O–H groups in total. The summed E-state index contributed by atoms with van der Waals surface area (Å²) in [6, 6.07) is 12.2. The van der Waals surface area contributed by atoms with Gasteiger partial charge < -0.3 is 19.8 Å². The molecule has 0 saturated heterocycles. The Morgan fingerprint density at radius 3 is 2.97 bits per heavy atom. The molecule has 1 amide bonds. The van der Waals surface area contributed by atoms with E-state index in [0.29, 0.717) is 35.7 Å². The molecule has 32 heavy (non-hydrogen) atoms. The number of halogens is 1. The second kappa shape index (κ2) is 6.29. The van der Waals surface area contributed by atoms with Gasteiger partial charge in [-0.1, -0.05) is 0 Å². The Labute approximate surface area is 181 Å². The molecule has 158 valence electrons. The summed E-state index contributed by atoms with van der Waals surface area (Å²) >= 11 is 0. The fraction of sp³-hybridized carbons (Fsp3) is 0.208. The number of ether oxygens (including phenoxy) is 2. The van der Waals surface area contributed by atoms with Crippen molar-refractivity contribution in [3.63, 3.8) is 0 Å². The van der Waals surface area contributed by atoms with Crippen LogP contribution >= 0.6 is 0 Å². The Kier molecular flexibility index (Phi) is 3.48. The van der Waals surface area contributed by atoms with E-state index in [9.17, 15) is 9.18 Å². The molecule has 1 aliphatic carbocycles. The molecule has 7 nitrogen and oxygen atoms in total. The number of imidazole rings is 1. The van der Waals surface area contributed by atoms with Gasteiger partial charge in [-0.3, -0.25) is 4.79 Å². The molecule has 2 aromatic carbocycles.